The largest absolute Gasteiger partial charge is 0.503 e. The minimum absolute atomic E-state index is 0.00105. The van der Waals surface area contributed by atoms with Gasteiger partial charge in [-0.15, -0.1) is 11.3 Å². The van der Waals surface area contributed by atoms with Gasteiger partial charge in [-0.3, -0.25) is 14.5 Å². The van der Waals surface area contributed by atoms with E-state index in [-0.39, 0.29) is 5.57 Å². The van der Waals surface area contributed by atoms with Crippen molar-refractivity contribution in [1.82, 2.24) is 4.98 Å². The van der Waals surface area contributed by atoms with Crippen LogP contribution < -0.4 is 14.4 Å². The Bertz CT molecular complexity index is 1280. The smallest absolute Gasteiger partial charge is 0.294 e. The van der Waals surface area contributed by atoms with Crippen LogP contribution in [0.1, 0.15) is 45.3 Å². The van der Waals surface area contributed by atoms with Crippen LogP contribution in [0.5, 0.6) is 11.5 Å². The molecule has 176 valence electrons. The number of methoxy groups -OCH3 is 1. The van der Waals surface area contributed by atoms with Crippen LogP contribution in [0.2, 0.25) is 0 Å². The van der Waals surface area contributed by atoms with Crippen molar-refractivity contribution in [2.45, 2.75) is 33.2 Å². The molecular formula is C26H26N2O5S. The molecule has 0 aliphatic carbocycles. The van der Waals surface area contributed by atoms with Crippen molar-refractivity contribution >= 4 is 28.7 Å². The van der Waals surface area contributed by atoms with E-state index in [1.807, 2.05) is 19.9 Å². The first-order chi connectivity index (χ1) is 16.4. The minimum atomic E-state index is -0.889. The first-order valence-electron chi connectivity index (χ1n) is 11.0. The molecule has 0 radical (unpaired) electrons. The van der Waals surface area contributed by atoms with E-state index in [9.17, 15) is 14.7 Å². The molecule has 1 amide bonds. The summed E-state index contributed by atoms with van der Waals surface area (Å²) < 4.78 is 11.3. The summed E-state index contributed by atoms with van der Waals surface area (Å²) in [6.07, 6.45) is 0.839. The Morgan fingerprint density at radius 3 is 2.62 bits per heavy atom. The van der Waals surface area contributed by atoms with Gasteiger partial charge >= 0.3 is 0 Å². The highest BCUT2D eigenvalue weighted by molar-refractivity contribution is 7.14. The first kappa shape index (κ1) is 23.5. The fraction of sp³-hybridized carbons (Fsp3) is 0.269. The van der Waals surface area contributed by atoms with Crippen LogP contribution >= 0.6 is 11.3 Å². The number of thiazole rings is 1. The van der Waals surface area contributed by atoms with Gasteiger partial charge in [0.15, 0.2) is 5.76 Å². The van der Waals surface area contributed by atoms with Gasteiger partial charge in [0.2, 0.25) is 5.78 Å². The van der Waals surface area contributed by atoms with Gasteiger partial charge in [0.25, 0.3) is 5.91 Å². The number of amides is 1. The predicted molar refractivity (Wildman–Crippen MR) is 131 cm³/mol. The molecular weight excluding hydrogens is 452 g/mol. The number of rotatable bonds is 8. The summed E-state index contributed by atoms with van der Waals surface area (Å²) in [5.41, 5.74) is 1.65. The number of anilines is 1. The molecule has 0 fully saturated rings. The number of benzene rings is 2. The lowest BCUT2D eigenvalue weighted by molar-refractivity contribution is -0.117. The van der Waals surface area contributed by atoms with E-state index >= 15 is 0 Å². The maximum Gasteiger partial charge on any atom is 0.294 e. The van der Waals surface area contributed by atoms with Gasteiger partial charge in [0.1, 0.15) is 11.5 Å². The third-order valence-corrected chi connectivity index (χ3v) is 6.64. The number of ketones is 1. The molecule has 8 heteroatoms. The van der Waals surface area contributed by atoms with E-state index in [0.717, 1.165) is 11.4 Å². The number of para-hydroxylation sites is 1. The van der Waals surface area contributed by atoms with E-state index < -0.39 is 23.5 Å². The van der Waals surface area contributed by atoms with E-state index in [1.165, 1.54) is 23.3 Å². The molecule has 0 saturated carbocycles. The van der Waals surface area contributed by atoms with Crippen LogP contribution in [0.4, 0.5) is 5.69 Å². The van der Waals surface area contributed by atoms with Gasteiger partial charge in [-0.05, 0) is 38.5 Å². The molecule has 0 spiro atoms. The molecule has 1 N–H and O–H groups in total. The molecule has 0 saturated heterocycles. The molecule has 34 heavy (non-hydrogen) atoms. The molecule has 1 unspecified atom stereocenters. The Labute approximate surface area is 202 Å². The Kier molecular flexibility index (Phi) is 6.70. The first-order valence-corrected chi connectivity index (χ1v) is 11.8. The molecule has 2 heterocycles. The lowest BCUT2D eigenvalue weighted by Gasteiger charge is -2.28. The van der Waals surface area contributed by atoms with E-state index in [2.05, 4.69) is 4.98 Å². The highest BCUT2D eigenvalue weighted by atomic mass is 32.1. The third-order valence-electron chi connectivity index (χ3n) is 5.56. The molecule has 0 bridgehead atoms. The molecule has 4 rings (SSSR count). The van der Waals surface area contributed by atoms with Crippen LogP contribution in [-0.2, 0) is 4.79 Å². The summed E-state index contributed by atoms with van der Waals surface area (Å²) in [5.74, 6) is -0.567. The average molecular weight is 479 g/mol. The van der Waals surface area contributed by atoms with Crippen LogP contribution in [0.25, 0.3) is 0 Å². The molecule has 7 nitrogen and oxygen atoms in total. The summed E-state index contributed by atoms with van der Waals surface area (Å²) in [5, 5.41) is 11.7. The Morgan fingerprint density at radius 2 is 1.94 bits per heavy atom. The van der Waals surface area contributed by atoms with Crippen LogP contribution in [0.3, 0.4) is 0 Å². The summed E-state index contributed by atoms with van der Waals surface area (Å²) >= 11 is 1.24. The van der Waals surface area contributed by atoms with Crippen LogP contribution in [-0.4, -0.2) is 35.5 Å². The number of carbonyl (C=O) groups is 2. The fourth-order valence-electron chi connectivity index (χ4n) is 4.10. The maximum absolute atomic E-state index is 13.7. The van der Waals surface area contributed by atoms with E-state index in [4.69, 9.17) is 9.47 Å². The number of aliphatic hydroxyl groups is 1. The van der Waals surface area contributed by atoms with Gasteiger partial charge in [0, 0.05) is 17.3 Å². The third kappa shape index (κ3) is 4.17. The second kappa shape index (κ2) is 9.69. The average Bonchev–Trinajstić information content (AvgIpc) is 3.32. The zero-order valence-corrected chi connectivity index (χ0v) is 20.3. The number of nitrogens with zero attached hydrogens (tertiary/aromatic N) is 2. The second-order valence-corrected chi connectivity index (χ2v) is 9.11. The molecule has 1 atom stereocenters. The number of aromatic nitrogens is 1. The van der Waals surface area contributed by atoms with Crippen molar-refractivity contribution in [3.8, 4) is 11.5 Å². The van der Waals surface area contributed by atoms with Gasteiger partial charge in [-0.2, -0.15) is 0 Å². The fourth-order valence-corrected chi connectivity index (χ4v) is 4.97. The molecule has 1 aliphatic heterocycles. The van der Waals surface area contributed by atoms with Gasteiger partial charge in [-0.1, -0.05) is 31.2 Å². The number of carbonyl (C=O) groups excluding carboxylic acids is 2. The second-order valence-electron chi connectivity index (χ2n) is 7.90. The highest BCUT2D eigenvalue weighted by Crippen LogP contribution is 2.45. The van der Waals surface area contributed by atoms with Crippen LogP contribution in [0, 0.1) is 13.8 Å². The molecule has 2 aromatic carbocycles. The number of hydrogen-bond acceptors (Lipinski definition) is 7. The van der Waals surface area contributed by atoms with Crippen molar-refractivity contribution < 1.29 is 24.2 Å². The summed E-state index contributed by atoms with van der Waals surface area (Å²) in [6, 6.07) is 13.3. The van der Waals surface area contributed by atoms with Crippen molar-refractivity contribution in [2.24, 2.45) is 0 Å². The predicted octanol–water partition coefficient (Wildman–Crippen LogP) is 5.34. The number of Topliss-reactive ketones (excluding diaryl/α,β-unsaturated/α-hetero) is 1. The lowest BCUT2D eigenvalue weighted by Crippen LogP contribution is -2.31. The number of aliphatic hydroxyl groups excluding tert-OH is 1. The molecule has 1 aliphatic rings. The van der Waals surface area contributed by atoms with Gasteiger partial charge in [-0.25, -0.2) is 4.98 Å². The minimum Gasteiger partial charge on any atom is -0.503 e. The van der Waals surface area contributed by atoms with Gasteiger partial charge in [0.05, 0.1) is 40.9 Å². The van der Waals surface area contributed by atoms with Crippen LogP contribution in [0.15, 0.2) is 59.9 Å². The summed E-state index contributed by atoms with van der Waals surface area (Å²) in [6.45, 7) is 6.10. The van der Waals surface area contributed by atoms with Crippen molar-refractivity contribution in [1.29, 1.82) is 0 Å². The van der Waals surface area contributed by atoms with Crippen molar-refractivity contribution in [3.05, 3.63) is 81.0 Å². The summed E-state index contributed by atoms with van der Waals surface area (Å²) in [4.78, 5) is 33.3. The topological polar surface area (TPSA) is 89.0 Å². The van der Waals surface area contributed by atoms with Crippen molar-refractivity contribution in [3.63, 3.8) is 0 Å². The Morgan fingerprint density at radius 1 is 1.18 bits per heavy atom. The monoisotopic (exact) mass is 478 g/mol. The highest BCUT2D eigenvalue weighted by Gasteiger charge is 2.46. The maximum atomic E-state index is 13.7. The lowest BCUT2D eigenvalue weighted by atomic mass is 9.94. The standard InChI is InChI=1S/C26H26N2O5S/c1-5-13-33-18-10-8-9-17(14-18)28-22(19-11-6-7-12-20(19)32-4)21(24(30)26(28)31)23(29)25-15(2)27-16(3)34-25/h6-12,14,22,30H,5,13H2,1-4H3. The van der Waals surface area contributed by atoms with E-state index in [1.54, 1.807) is 49.4 Å². The number of aryl methyl sites for hydroxylation is 2. The number of ether oxygens (including phenoxy) is 2. The quantitative estimate of drug-likeness (QED) is 0.440. The molecule has 3 aromatic rings. The summed E-state index contributed by atoms with van der Waals surface area (Å²) in [7, 11) is 1.53. The zero-order valence-electron chi connectivity index (χ0n) is 19.5. The zero-order chi connectivity index (χ0) is 24.4. The molecule has 1 aromatic heterocycles. The van der Waals surface area contributed by atoms with Gasteiger partial charge < -0.3 is 14.6 Å². The van der Waals surface area contributed by atoms with Crippen molar-refractivity contribution in [2.75, 3.05) is 18.6 Å². The van der Waals surface area contributed by atoms with E-state index in [0.29, 0.717) is 39.9 Å². The number of hydrogen-bond donors (Lipinski definition) is 1. The Balaban J connectivity index is 1.89. The SMILES string of the molecule is CCCOc1cccc(N2C(=O)C(O)=C(C(=O)c3sc(C)nc3C)C2c2ccccc2OC)c1. The normalized spacial score (nSPS) is 15.7. The Hall–Kier alpha value is -3.65.